The highest BCUT2D eigenvalue weighted by atomic mass is 35.5. The molecule has 0 saturated carbocycles. The molecule has 0 unspecified atom stereocenters. The summed E-state index contributed by atoms with van der Waals surface area (Å²) in [7, 11) is -2.47. The van der Waals surface area contributed by atoms with Gasteiger partial charge in [-0.25, -0.2) is 17.8 Å². The first kappa shape index (κ1) is 22.2. The first-order chi connectivity index (χ1) is 14.2. The van der Waals surface area contributed by atoms with Gasteiger partial charge in [0.2, 0.25) is 0 Å². The molecule has 30 heavy (non-hydrogen) atoms. The van der Waals surface area contributed by atoms with Gasteiger partial charge in [0.1, 0.15) is 10.7 Å². The van der Waals surface area contributed by atoms with E-state index in [2.05, 4.69) is 9.71 Å². The summed E-state index contributed by atoms with van der Waals surface area (Å²) in [5, 5.41) is 2.85. The number of aromatic nitrogens is 1. The van der Waals surface area contributed by atoms with Crippen molar-refractivity contribution in [3.05, 3.63) is 74.9 Å². The number of carbonyl (C=O) groups is 1. The maximum Gasteiger partial charge on any atom is 0.263 e. The van der Waals surface area contributed by atoms with Crippen LogP contribution in [0.1, 0.15) is 28.0 Å². The summed E-state index contributed by atoms with van der Waals surface area (Å²) >= 11 is 7.62. The van der Waals surface area contributed by atoms with Crippen molar-refractivity contribution in [2.75, 3.05) is 11.8 Å². The number of thiazole rings is 1. The molecule has 0 atom stereocenters. The van der Waals surface area contributed by atoms with Crippen LogP contribution in [0.3, 0.4) is 0 Å². The molecule has 6 nitrogen and oxygen atoms in total. The van der Waals surface area contributed by atoms with E-state index < -0.39 is 15.8 Å². The third-order valence-corrected chi connectivity index (χ3v) is 7.12. The lowest BCUT2D eigenvalue weighted by molar-refractivity contribution is 0.0783. The van der Waals surface area contributed by atoms with Crippen LogP contribution in [-0.4, -0.2) is 31.3 Å². The van der Waals surface area contributed by atoms with E-state index >= 15 is 0 Å². The topological polar surface area (TPSA) is 79.4 Å². The minimum absolute atomic E-state index is 0.0316. The smallest absolute Gasteiger partial charge is 0.263 e. The monoisotopic (exact) mass is 467 g/mol. The Hall–Kier alpha value is -2.49. The van der Waals surface area contributed by atoms with Crippen LogP contribution in [0.25, 0.3) is 0 Å². The van der Waals surface area contributed by atoms with Crippen LogP contribution in [-0.2, 0) is 23.0 Å². The summed E-state index contributed by atoms with van der Waals surface area (Å²) in [4.78, 5) is 18.5. The summed E-state index contributed by atoms with van der Waals surface area (Å²) in [5.41, 5.74) is 1.12. The molecule has 0 aliphatic carbocycles. The number of nitrogens with one attached hydrogen (secondary N) is 1. The number of hydrogen-bond acceptors (Lipinski definition) is 5. The first-order valence-electron chi connectivity index (χ1n) is 8.96. The Morgan fingerprint density at radius 3 is 2.57 bits per heavy atom. The second-order valence-corrected chi connectivity index (χ2v) is 9.51. The van der Waals surface area contributed by atoms with E-state index in [1.807, 2.05) is 12.3 Å². The van der Waals surface area contributed by atoms with Gasteiger partial charge in [0.25, 0.3) is 15.9 Å². The number of carbonyl (C=O) groups excluding carboxylic acids is 1. The minimum atomic E-state index is -4.08. The average Bonchev–Trinajstić information content (AvgIpc) is 3.16. The molecule has 0 saturated heterocycles. The van der Waals surface area contributed by atoms with E-state index in [0.717, 1.165) is 29.3 Å². The summed E-state index contributed by atoms with van der Waals surface area (Å²) < 4.78 is 40.9. The molecule has 2 aromatic carbocycles. The lowest BCUT2D eigenvalue weighted by atomic mass is 10.2. The van der Waals surface area contributed by atoms with Gasteiger partial charge in [-0.15, -0.1) is 11.3 Å². The van der Waals surface area contributed by atoms with Crippen LogP contribution >= 0.6 is 22.9 Å². The lowest BCUT2D eigenvalue weighted by Crippen LogP contribution is -2.26. The van der Waals surface area contributed by atoms with Crippen molar-refractivity contribution < 1.29 is 17.6 Å². The van der Waals surface area contributed by atoms with E-state index in [1.54, 1.807) is 7.05 Å². The Labute approximate surface area is 183 Å². The van der Waals surface area contributed by atoms with Crippen LogP contribution in [0.4, 0.5) is 10.1 Å². The van der Waals surface area contributed by atoms with E-state index in [0.29, 0.717) is 6.54 Å². The SMILES string of the molecule is CCc1nc(CN(C)C(=O)c2ccc(Cl)c(S(=O)(=O)Nc3ccc(F)cc3)c2)cs1. The summed E-state index contributed by atoms with van der Waals surface area (Å²) in [6.45, 7) is 2.31. The van der Waals surface area contributed by atoms with Crippen molar-refractivity contribution in [2.24, 2.45) is 0 Å². The normalized spacial score (nSPS) is 11.3. The first-order valence-corrected chi connectivity index (χ1v) is 11.7. The zero-order valence-electron chi connectivity index (χ0n) is 16.2. The van der Waals surface area contributed by atoms with Crippen LogP contribution in [0, 0.1) is 5.82 Å². The Balaban J connectivity index is 1.82. The summed E-state index contributed by atoms with van der Waals surface area (Å²) in [6.07, 6.45) is 0.821. The van der Waals surface area contributed by atoms with E-state index in [9.17, 15) is 17.6 Å². The van der Waals surface area contributed by atoms with Gasteiger partial charge < -0.3 is 4.90 Å². The van der Waals surface area contributed by atoms with Crippen molar-refractivity contribution in [1.82, 2.24) is 9.88 Å². The standard InChI is InChI=1S/C20H19ClFN3O3S2/c1-3-19-23-16(12-29-19)11-25(2)20(26)13-4-9-17(21)18(10-13)30(27,28)24-15-7-5-14(22)6-8-15/h4-10,12,24H,3,11H2,1-2H3. The third kappa shape index (κ3) is 5.16. The fourth-order valence-corrected chi connectivity index (χ4v) is 5.01. The molecule has 158 valence electrons. The highest BCUT2D eigenvalue weighted by Crippen LogP contribution is 2.26. The molecule has 0 spiro atoms. The van der Waals surface area contributed by atoms with Crippen molar-refractivity contribution in [3.8, 4) is 0 Å². The van der Waals surface area contributed by atoms with Gasteiger partial charge in [-0.1, -0.05) is 18.5 Å². The van der Waals surface area contributed by atoms with E-state index in [4.69, 9.17) is 11.6 Å². The summed E-state index contributed by atoms with van der Waals surface area (Å²) in [6, 6.07) is 8.92. The van der Waals surface area contributed by atoms with Crippen LogP contribution < -0.4 is 4.72 Å². The number of sulfonamides is 1. The zero-order chi connectivity index (χ0) is 21.9. The van der Waals surface area contributed by atoms with Gasteiger partial charge in [-0.3, -0.25) is 9.52 Å². The van der Waals surface area contributed by atoms with Crippen molar-refractivity contribution in [1.29, 1.82) is 0 Å². The minimum Gasteiger partial charge on any atom is -0.336 e. The second kappa shape index (κ2) is 9.11. The highest BCUT2D eigenvalue weighted by Gasteiger charge is 2.22. The Morgan fingerprint density at radius 2 is 1.93 bits per heavy atom. The fourth-order valence-electron chi connectivity index (χ4n) is 2.69. The molecule has 0 radical (unpaired) electrons. The number of anilines is 1. The van der Waals surface area contributed by atoms with Crippen molar-refractivity contribution in [3.63, 3.8) is 0 Å². The molecule has 3 aromatic rings. The number of hydrogen-bond donors (Lipinski definition) is 1. The predicted molar refractivity (Wildman–Crippen MR) is 116 cm³/mol. The Bertz CT molecular complexity index is 1160. The van der Waals surface area contributed by atoms with Crippen molar-refractivity contribution >= 4 is 44.6 Å². The molecule has 1 N–H and O–H groups in total. The molecule has 0 aliphatic rings. The van der Waals surface area contributed by atoms with E-state index in [1.165, 1.54) is 46.6 Å². The molecular weight excluding hydrogens is 449 g/mol. The fraction of sp³-hybridized carbons (Fsp3) is 0.200. The van der Waals surface area contributed by atoms with Crippen LogP contribution in [0.2, 0.25) is 5.02 Å². The number of aryl methyl sites for hydroxylation is 1. The molecule has 3 rings (SSSR count). The number of benzene rings is 2. The van der Waals surface area contributed by atoms with Crippen LogP contribution in [0.15, 0.2) is 52.7 Å². The lowest BCUT2D eigenvalue weighted by Gasteiger charge is -2.17. The van der Waals surface area contributed by atoms with Gasteiger partial charge in [0, 0.05) is 23.7 Å². The Morgan fingerprint density at radius 1 is 1.23 bits per heavy atom. The third-order valence-electron chi connectivity index (χ3n) is 4.21. The van der Waals surface area contributed by atoms with Crippen molar-refractivity contribution in [2.45, 2.75) is 24.8 Å². The zero-order valence-corrected chi connectivity index (χ0v) is 18.6. The van der Waals surface area contributed by atoms with Gasteiger partial charge in [0.05, 0.1) is 22.3 Å². The predicted octanol–water partition coefficient (Wildman–Crippen LogP) is 4.57. The Kier molecular flexibility index (Phi) is 6.74. The number of rotatable bonds is 7. The summed E-state index contributed by atoms with van der Waals surface area (Å²) in [5.74, 6) is -0.853. The molecule has 0 aliphatic heterocycles. The van der Waals surface area contributed by atoms with Crippen LogP contribution in [0.5, 0.6) is 0 Å². The highest BCUT2D eigenvalue weighted by molar-refractivity contribution is 7.92. The quantitative estimate of drug-likeness (QED) is 0.552. The average molecular weight is 468 g/mol. The molecule has 1 aromatic heterocycles. The molecular formula is C20H19ClFN3O3S2. The maximum atomic E-state index is 13.1. The molecule has 10 heteroatoms. The molecule has 0 fully saturated rings. The number of halogens is 2. The van der Waals surface area contributed by atoms with Gasteiger partial charge in [-0.05, 0) is 48.9 Å². The molecule has 0 bridgehead atoms. The maximum absolute atomic E-state index is 13.1. The van der Waals surface area contributed by atoms with Gasteiger partial charge in [-0.2, -0.15) is 0 Å². The molecule has 1 amide bonds. The number of amides is 1. The second-order valence-electron chi connectivity index (χ2n) is 6.50. The van der Waals surface area contributed by atoms with Gasteiger partial charge in [0.15, 0.2) is 0 Å². The van der Waals surface area contributed by atoms with Gasteiger partial charge >= 0.3 is 0 Å². The largest absolute Gasteiger partial charge is 0.336 e. The molecule has 1 heterocycles. The van der Waals surface area contributed by atoms with E-state index in [-0.39, 0.29) is 27.1 Å². The number of nitrogens with zero attached hydrogens (tertiary/aromatic N) is 2.